The monoisotopic (exact) mass is 365 g/mol. The van der Waals surface area contributed by atoms with Crippen LogP contribution in [0.4, 0.5) is 0 Å². The molecule has 0 radical (unpaired) electrons. The van der Waals surface area contributed by atoms with Gasteiger partial charge in [-0.15, -0.1) is 0 Å². The SMILES string of the molecule is O=C1OC(CCCN2CCN(C(=O)c3cccnc3)CC2)c2ccccc21. The standard InChI is InChI=1S/C21H23N3O3/c25-20(16-5-3-9-22-15-16)24-13-11-23(12-14-24)10-4-8-19-17-6-1-2-7-18(17)21(26)27-19/h1-3,5-7,9,15,19H,4,8,10-14H2. The Labute approximate surface area is 158 Å². The number of carbonyl (C=O) groups excluding carboxylic acids is 2. The Hall–Kier alpha value is -2.73. The summed E-state index contributed by atoms with van der Waals surface area (Å²) < 4.78 is 5.50. The van der Waals surface area contributed by atoms with Crippen LogP contribution in [0, 0.1) is 0 Å². The Balaban J connectivity index is 1.23. The van der Waals surface area contributed by atoms with E-state index in [-0.39, 0.29) is 18.0 Å². The lowest BCUT2D eigenvalue weighted by Gasteiger charge is -2.34. The molecule has 1 unspecified atom stereocenters. The number of aromatic nitrogens is 1. The number of amides is 1. The Morgan fingerprint density at radius 3 is 2.70 bits per heavy atom. The number of benzene rings is 1. The van der Waals surface area contributed by atoms with E-state index in [1.54, 1.807) is 18.5 Å². The third-order valence-corrected chi connectivity index (χ3v) is 5.29. The molecule has 6 nitrogen and oxygen atoms in total. The third-order valence-electron chi connectivity index (χ3n) is 5.29. The van der Waals surface area contributed by atoms with Crippen LogP contribution in [0.5, 0.6) is 0 Å². The zero-order valence-electron chi connectivity index (χ0n) is 15.2. The molecule has 1 aromatic carbocycles. The lowest BCUT2D eigenvalue weighted by Crippen LogP contribution is -2.48. The summed E-state index contributed by atoms with van der Waals surface area (Å²) in [6.07, 6.45) is 4.96. The average molecular weight is 365 g/mol. The predicted octanol–water partition coefficient (Wildman–Crippen LogP) is 2.53. The second-order valence-corrected chi connectivity index (χ2v) is 7.00. The minimum absolute atomic E-state index is 0.0530. The third kappa shape index (κ3) is 3.85. The molecule has 4 rings (SSSR count). The van der Waals surface area contributed by atoms with E-state index < -0.39 is 0 Å². The largest absolute Gasteiger partial charge is 0.454 e. The normalized spacial score (nSPS) is 19.6. The molecule has 3 heterocycles. The molecule has 27 heavy (non-hydrogen) atoms. The summed E-state index contributed by atoms with van der Waals surface area (Å²) in [5.41, 5.74) is 2.35. The molecule has 2 aliphatic rings. The molecule has 6 heteroatoms. The first-order chi connectivity index (χ1) is 13.2. The minimum atomic E-state index is -0.210. The molecule has 1 amide bonds. The summed E-state index contributed by atoms with van der Waals surface area (Å²) in [4.78, 5) is 32.6. The van der Waals surface area contributed by atoms with Gasteiger partial charge in [-0.2, -0.15) is 0 Å². The summed E-state index contributed by atoms with van der Waals surface area (Å²) in [7, 11) is 0. The number of nitrogens with zero attached hydrogens (tertiary/aromatic N) is 3. The molecule has 0 bridgehead atoms. The topological polar surface area (TPSA) is 62.7 Å². The highest BCUT2D eigenvalue weighted by atomic mass is 16.5. The van der Waals surface area contributed by atoms with Crippen LogP contribution >= 0.6 is 0 Å². The molecular weight excluding hydrogens is 342 g/mol. The number of hydrogen-bond acceptors (Lipinski definition) is 5. The van der Waals surface area contributed by atoms with Gasteiger partial charge in [-0.3, -0.25) is 14.7 Å². The molecular formula is C21H23N3O3. The van der Waals surface area contributed by atoms with Gasteiger partial charge in [0.2, 0.25) is 0 Å². The first kappa shape index (κ1) is 17.7. The summed E-state index contributed by atoms with van der Waals surface area (Å²) >= 11 is 0. The Kier molecular flexibility index (Phi) is 5.16. The lowest BCUT2D eigenvalue weighted by molar-refractivity contribution is 0.0353. The molecule has 1 fully saturated rings. The minimum Gasteiger partial charge on any atom is -0.454 e. The van der Waals surface area contributed by atoms with Crippen molar-refractivity contribution in [3.05, 3.63) is 65.5 Å². The van der Waals surface area contributed by atoms with E-state index in [0.29, 0.717) is 11.1 Å². The van der Waals surface area contributed by atoms with Crippen molar-refractivity contribution in [2.45, 2.75) is 18.9 Å². The number of rotatable bonds is 5. The fourth-order valence-corrected chi connectivity index (χ4v) is 3.78. The van der Waals surface area contributed by atoms with Crippen molar-refractivity contribution >= 4 is 11.9 Å². The molecule has 0 saturated carbocycles. The van der Waals surface area contributed by atoms with Crippen molar-refractivity contribution in [2.24, 2.45) is 0 Å². The highest BCUT2D eigenvalue weighted by Crippen LogP contribution is 2.33. The molecule has 0 spiro atoms. The van der Waals surface area contributed by atoms with Crippen LogP contribution in [-0.4, -0.2) is 59.4 Å². The van der Waals surface area contributed by atoms with E-state index in [4.69, 9.17) is 4.74 Å². The van der Waals surface area contributed by atoms with E-state index in [1.807, 2.05) is 35.2 Å². The summed E-state index contributed by atoms with van der Waals surface area (Å²) in [6.45, 7) is 4.15. The lowest BCUT2D eigenvalue weighted by atomic mass is 10.0. The van der Waals surface area contributed by atoms with Gasteiger partial charge < -0.3 is 9.64 Å². The number of ether oxygens (including phenoxy) is 1. The predicted molar refractivity (Wildman–Crippen MR) is 100 cm³/mol. The van der Waals surface area contributed by atoms with Crippen molar-refractivity contribution in [2.75, 3.05) is 32.7 Å². The maximum atomic E-state index is 12.5. The highest BCUT2D eigenvalue weighted by Gasteiger charge is 2.30. The fourth-order valence-electron chi connectivity index (χ4n) is 3.78. The van der Waals surface area contributed by atoms with Gasteiger partial charge in [-0.25, -0.2) is 4.79 Å². The van der Waals surface area contributed by atoms with Crippen molar-refractivity contribution < 1.29 is 14.3 Å². The van der Waals surface area contributed by atoms with Crippen molar-refractivity contribution in [3.63, 3.8) is 0 Å². The van der Waals surface area contributed by atoms with Crippen LogP contribution in [0.25, 0.3) is 0 Å². The Bertz CT molecular complexity index is 816. The first-order valence-electron chi connectivity index (χ1n) is 9.44. The van der Waals surface area contributed by atoms with E-state index in [9.17, 15) is 9.59 Å². The number of cyclic esters (lactones) is 1. The van der Waals surface area contributed by atoms with Crippen molar-refractivity contribution in [1.29, 1.82) is 0 Å². The van der Waals surface area contributed by atoms with Crippen LogP contribution in [0.15, 0.2) is 48.8 Å². The van der Waals surface area contributed by atoms with Crippen LogP contribution in [0.1, 0.15) is 45.2 Å². The molecule has 1 atom stereocenters. The molecule has 2 aliphatic heterocycles. The zero-order valence-corrected chi connectivity index (χ0v) is 15.2. The van der Waals surface area contributed by atoms with Crippen LogP contribution in [0.3, 0.4) is 0 Å². The van der Waals surface area contributed by atoms with Gasteiger partial charge in [0.25, 0.3) is 5.91 Å². The van der Waals surface area contributed by atoms with Crippen LogP contribution in [0.2, 0.25) is 0 Å². The van der Waals surface area contributed by atoms with E-state index in [0.717, 1.165) is 51.1 Å². The van der Waals surface area contributed by atoms with E-state index in [1.165, 1.54) is 0 Å². The highest BCUT2D eigenvalue weighted by molar-refractivity contribution is 5.94. The van der Waals surface area contributed by atoms with Crippen molar-refractivity contribution in [3.8, 4) is 0 Å². The maximum Gasteiger partial charge on any atom is 0.339 e. The van der Waals surface area contributed by atoms with E-state index in [2.05, 4.69) is 9.88 Å². The van der Waals surface area contributed by atoms with Gasteiger partial charge in [-0.1, -0.05) is 18.2 Å². The van der Waals surface area contributed by atoms with Gasteiger partial charge in [0.15, 0.2) is 0 Å². The smallest absolute Gasteiger partial charge is 0.339 e. The number of piperazine rings is 1. The molecule has 0 N–H and O–H groups in total. The van der Waals surface area contributed by atoms with Crippen LogP contribution < -0.4 is 0 Å². The molecule has 140 valence electrons. The summed E-state index contributed by atoms with van der Waals surface area (Å²) in [6, 6.07) is 11.2. The summed E-state index contributed by atoms with van der Waals surface area (Å²) in [5.74, 6) is -0.157. The van der Waals surface area contributed by atoms with Gasteiger partial charge >= 0.3 is 5.97 Å². The number of pyridine rings is 1. The fraction of sp³-hybridized carbons (Fsp3) is 0.381. The summed E-state index contributed by atoms with van der Waals surface area (Å²) in [5, 5.41) is 0. The Morgan fingerprint density at radius 1 is 1.11 bits per heavy atom. The first-order valence-corrected chi connectivity index (χ1v) is 9.44. The average Bonchev–Trinajstić information content (AvgIpc) is 3.05. The quantitative estimate of drug-likeness (QED) is 0.762. The van der Waals surface area contributed by atoms with Gasteiger partial charge in [-0.05, 0) is 37.6 Å². The van der Waals surface area contributed by atoms with E-state index >= 15 is 0 Å². The van der Waals surface area contributed by atoms with Crippen molar-refractivity contribution in [1.82, 2.24) is 14.8 Å². The number of fused-ring (bicyclic) bond motifs is 1. The number of hydrogen-bond donors (Lipinski definition) is 0. The molecule has 1 saturated heterocycles. The van der Waals surface area contributed by atoms with Gasteiger partial charge in [0.1, 0.15) is 6.10 Å². The second kappa shape index (κ2) is 7.88. The zero-order chi connectivity index (χ0) is 18.6. The van der Waals surface area contributed by atoms with Gasteiger partial charge in [0.05, 0.1) is 11.1 Å². The Morgan fingerprint density at radius 2 is 1.93 bits per heavy atom. The second-order valence-electron chi connectivity index (χ2n) is 7.00. The molecule has 1 aromatic heterocycles. The molecule has 0 aliphatic carbocycles. The number of carbonyl (C=O) groups is 2. The maximum absolute atomic E-state index is 12.5. The van der Waals surface area contributed by atoms with Gasteiger partial charge in [0, 0.05) is 44.1 Å². The molecule has 2 aromatic rings. The number of esters is 1. The van der Waals surface area contributed by atoms with Crippen LogP contribution in [-0.2, 0) is 4.74 Å².